The van der Waals surface area contributed by atoms with Crippen LogP contribution in [0, 0.1) is 5.92 Å². The van der Waals surface area contributed by atoms with Crippen LogP contribution in [0.4, 0.5) is 0 Å². The molecular weight excluding hydrogens is 274 g/mol. The number of rotatable bonds is 4. The lowest BCUT2D eigenvalue weighted by atomic mass is 9.75. The third-order valence-electron chi connectivity index (χ3n) is 3.77. The number of carbonyl (C=O) groups is 1. The smallest absolute Gasteiger partial charge is 0.252 e. The highest BCUT2D eigenvalue weighted by Crippen LogP contribution is 2.38. The van der Waals surface area contributed by atoms with Gasteiger partial charge in [0.15, 0.2) is 0 Å². The summed E-state index contributed by atoms with van der Waals surface area (Å²) in [6.45, 7) is 0. The Morgan fingerprint density at radius 1 is 1.60 bits per heavy atom. The molecule has 0 bridgehead atoms. The van der Waals surface area contributed by atoms with E-state index in [1.165, 1.54) is 11.3 Å². The van der Waals surface area contributed by atoms with E-state index in [1.54, 1.807) is 10.9 Å². The number of aryl methyl sites for hydroxylation is 1. The van der Waals surface area contributed by atoms with Gasteiger partial charge in [0.1, 0.15) is 0 Å². The molecule has 1 amide bonds. The van der Waals surface area contributed by atoms with Crippen molar-refractivity contribution in [1.82, 2.24) is 15.1 Å². The minimum atomic E-state index is -0.239. The zero-order valence-corrected chi connectivity index (χ0v) is 12.0. The normalized spacial score (nSPS) is 23.1. The molecule has 1 aliphatic carbocycles. The topological polar surface area (TPSA) is 67.2 Å². The summed E-state index contributed by atoms with van der Waals surface area (Å²) in [5, 5.41) is 20.5. The summed E-state index contributed by atoms with van der Waals surface area (Å²) < 4.78 is 1.73. The fourth-order valence-corrected chi connectivity index (χ4v) is 3.23. The molecule has 0 spiro atoms. The van der Waals surface area contributed by atoms with Gasteiger partial charge in [-0.15, -0.1) is 0 Å². The van der Waals surface area contributed by atoms with Crippen LogP contribution in [-0.4, -0.2) is 26.9 Å². The summed E-state index contributed by atoms with van der Waals surface area (Å²) in [6, 6.07) is 1.73. The maximum absolute atomic E-state index is 12.2. The highest BCUT2D eigenvalue weighted by atomic mass is 32.1. The quantitative estimate of drug-likeness (QED) is 0.901. The fourth-order valence-electron chi connectivity index (χ4n) is 2.59. The molecule has 6 heteroatoms. The molecule has 20 heavy (non-hydrogen) atoms. The van der Waals surface area contributed by atoms with E-state index in [1.807, 2.05) is 30.1 Å². The molecule has 1 fully saturated rings. The molecule has 0 aliphatic heterocycles. The Labute approximate surface area is 121 Å². The first-order valence-electron chi connectivity index (χ1n) is 6.63. The van der Waals surface area contributed by atoms with Crippen LogP contribution in [-0.2, 0) is 7.05 Å². The van der Waals surface area contributed by atoms with Gasteiger partial charge in [0.25, 0.3) is 5.91 Å². The average molecular weight is 291 g/mol. The molecule has 5 nitrogen and oxygen atoms in total. The van der Waals surface area contributed by atoms with Crippen molar-refractivity contribution in [2.24, 2.45) is 13.0 Å². The summed E-state index contributed by atoms with van der Waals surface area (Å²) in [7, 11) is 1.86. The number of hydrogen-bond acceptors (Lipinski definition) is 4. The Kier molecular flexibility index (Phi) is 3.58. The van der Waals surface area contributed by atoms with Crippen LogP contribution in [0.15, 0.2) is 29.2 Å². The van der Waals surface area contributed by atoms with Gasteiger partial charge < -0.3 is 10.4 Å². The predicted molar refractivity (Wildman–Crippen MR) is 76.5 cm³/mol. The Morgan fingerprint density at radius 2 is 2.40 bits per heavy atom. The standard InChI is InChI=1S/C14H17N3O2S/c1-17-7-11(6-15-17)13(10-4-12(18)5-10)16-14(19)9-2-3-20-8-9/h2-3,6-8,10,12-13,18H,4-5H2,1H3,(H,16,19). The number of aliphatic hydroxyl groups is 1. The van der Waals surface area contributed by atoms with Crippen LogP contribution in [0.25, 0.3) is 0 Å². The van der Waals surface area contributed by atoms with Gasteiger partial charge in [-0.25, -0.2) is 0 Å². The van der Waals surface area contributed by atoms with Crippen LogP contribution in [0.5, 0.6) is 0 Å². The first-order chi connectivity index (χ1) is 9.63. The number of amides is 1. The highest BCUT2D eigenvalue weighted by Gasteiger charge is 2.36. The van der Waals surface area contributed by atoms with E-state index in [0.29, 0.717) is 5.56 Å². The van der Waals surface area contributed by atoms with Crippen molar-refractivity contribution in [2.45, 2.75) is 25.0 Å². The lowest BCUT2D eigenvalue weighted by Gasteiger charge is -2.37. The molecule has 0 saturated heterocycles. The average Bonchev–Trinajstić information content (AvgIpc) is 3.03. The van der Waals surface area contributed by atoms with E-state index >= 15 is 0 Å². The number of carbonyl (C=O) groups excluding carboxylic acids is 1. The largest absolute Gasteiger partial charge is 0.393 e. The van der Waals surface area contributed by atoms with Gasteiger partial charge in [-0.3, -0.25) is 9.48 Å². The van der Waals surface area contributed by atoms with Crippen molar-refractivity contribution < 1.29 is 9.90 Å². The van der Waals surface area contributed by atoms with E-state index in [-0.39, 0.29) is 24.0 Å². The second kappa shape index (κ2) is 5.38. The maximum Gasteiger partial charge on any atom is 0.252 e. The van der Waals surface area contributed by atoms with Gasteiger partial charge in [-0.1, -0.05) is 0 Å². The second-order valence-corrected chi connectivity index (χ2v) is 6.08. The molecule has 3 rings (SSSR count). The summed E-state index contributed by atoms with van der Waals surface area (Å²) in [5.41, 5.74) is 1.68. The monoisotopic (exact) mass is 291 g/mol. The van der Waals surface area contributed by atoms with Gasteiger partial charge in [-0.05, 0) is 30.2 Å². The fraction of sp³-hybridized carbons (Fsp3) is 0.429. The molecule has 1 atom stereocenters. The first-order valence-corrected chi connectivity index (χ1v) is 7.57. The first kappa shape index (κ1) is 13.3. The highest BCUT2D eigenvalue weighted by molar-refractivity contribution is 7.08. The predicted octanol–water partition coefficient (Wildman–Crippen LogP) is 1.72. The van der Waals surface area contributed by atoms with Gasteiger partial charge >= 0.3 is 0 Å². The minimum Gasteiger partial charge on any atom is -0.393 e. The zero-order valence-electron chi connectivity index (χ0n) is 11.2. The number of nitrogens with one attached hydrogen (secondary N) is 1. The second-order valence-electron chi connectivity index (χ2n) is 5.30. The van der Waals surface area contributed by atoms with Crippen LogP contribution >= 0.6 is 11.3 Å². The molecule has 0 aromatic carbocycles. The number of aromatic nitrogens is 2. The Morgan fingerprint density at radius 3 is 2.95 bits per heavy atom. The van der Waals surface area contributed by atoms with Crippen molar-refractivity contribution >= 4 is 17.2 Å². The van der Waals surface area contributed by atoms with E-state index in [4.69, 9.17) is 0 Å². The summed E-state index contributed by atoms with van der Waals surface area (Å²) in [5.74, 6) is 0.207. The SMILES string of the molecule is Cn1cc(C(NC(=O)c2ccsc2)C2CC(O)C2)cn1. The number of thiophene rings is 1. The minimum absolute atomic E-state index is 0.0681. The van der Waals surface area contributed by atoms with Crippen molar-refractivity contribution in [3.8, 4) is 0 Å². The molecule has 1 saturated carbocycles. The number of hydrogen-bond donors (Lipinski definition) is 2. The van der Waals surface area contributed by atoms with E-state index in [0.717, 1.165) is 18.4 Å². The molecule has 0 radical (unpaired) electrons. The maximum atomic E-state index is 12.2. The molecule has 2 aromatic heterocycles. The van der Waals surface area contributed by atoms with Gasteiger partial charge in [0.2, 0.25) is 0 Å². The lowest BCUT2D eigenvalue weighted by molar-refractivity contribution is 0.0235. The lowest BCUT2D eigenvalue weighted by Crippen LogP contribution is -2.41. The zero-order chi connectivity index (χ0) is 14.1. The third kappa shape index (κ3) is 2.62. The van der Waals surface area contributed by atoms with Crippen LogP contribution in [0.3, 0.4) is 0 Å². The Hall–Kier alpha value is -1.66. The van der Waals surface area contributed by atoms with Crippen molar-refractivity contribution in [3.05, 3.63) is 40.3 Å². The van der Waals surface area contributed by atoms with Gasteiger partial charge in [0.05, 0.1) is 23.9 Å². The molecule has 2 aromatic rings. The molecule has 1 unspecified atom stereocenters. The molecule has 2 N–H and O–H groups in total. The molecular formula is C14H17N3O2S. The van der Waals surface area contributed by atoms with Crippen molar-refractivity contribution in [1.29, 1.82) is 0 Å². The third-order valence-corrected chi connectivity index (χ3v) is 4.46. The van der Waals surface area contributed by atoms with Gasteiger partial charge in [-0.2, -0.15) is 16.4 Å². The molecule has 1 aliphatic rings. The number of aliphatic hydroxyl groups excluding tert-OH is 1. The number of nitrogens with zero attached hydrogens (tertiary/aromatic N) is 2. The van der Waals surface area contributed by atoms with Crippen molar-refractivity contribution in [3.63, 3.8) is 0 Å². The summed E-state index contributed by atoms with van der Waals surface area (Å²) >= 11 is 1.51. The van der Waals surface area contributed by atoms with Crippen LogP contribution in [0.2, 0.25) is 0 Å². The Bertz CT molecular complexity index is 587. The van der Waals surface area contributed by atoms with E-state index in [2.05, 4.69) is 10.4 Å². The van der Waals surface area contributed by atoms with Crippen LogP contribution in [0.1, 0.15) is 34.8 Å². The van der Waals surface area contributed by atoms with E-state index in [9.17, 15) is 9.90 Å². The summed E-state index contributed by atoms with van der Waals surface area (Å²) in [6.07, 6.45) is 4.91. The molecule has 2 heterocycles. The van der Waals surface area contributed by atoms with E-state index < -0.39 is 0 Å². The van der Waals surface area contributed by atoms with Crippen molar-refractivity contribution in [2.75, 3.05) is 0 Å². The molecule has 106 valence electrons. The van der Waals surface area contributed by atoms with Gasteiger partial charge in [0, 0.05) is 24.2 Å². The summed E-state index contributed by atoms with van der Waals surface area (Å²) in [4.78, 5) is 12.2. The van der Waals surface area contributed by atoms with Crippen LogP contribution < -0.4 is 5.32 Å². The Balaban J connectivity index is 1.77.